The van der Waals surface area contributed by atoms with E-state index in [1.54, 1.807) is 11.5 Å². The standard InChI is InChI=1S/C22H22N4O3S2/c1-3-17(20(27)29-4-2)30-21-24-23-19(26(21)15-10-6-5-7-11-15)14-25-16-12-8-9-13-18(16)31-22(25)28/h5-13,17H,3-4,14H2,1-2H3/t17-/m1/s1. The minimum Gasteiger partial charge on any atom is -0.465 e. The van der Waals surface area contributed by atoms with E-state index in [2.05, 4.69) is 10.2 Å². The number of thiazole rings is 1. The average molecular weight is 455 g/mol. The number of fused-ring (bicyclic) bond motifs is 1. The molecular weight excluding hydrogens is 432 g/mol. The molecule has 9 heteroatoms. The van der Waals surface area contributed by atoms with E-state index in [1.807, 2.05) is 66.1 Å². The largest absolute Gasteiger partial charge is 0.465 e. The van der Waals surface area contributed by atoms with Crippen molar-refractivity contribution in [1.29, 1.82) is 0 Å². The number of para-hydroxylation sites is 2. The zero-order chi connectivity index (χ0) is 21.8. The molecule has 0 fully saturated rings. The summed E-state index contributed by atoms with van der Waals surface area (Å²) in [6.07, 6.45) is 0.606. The van der Waals surface area contributed by atoms with Crippen LogP contribution in [0.5, 0.6) is 0 Å². The molecule has 0 unspecified atom stereocenters. The number of ether oxygens (including phenoxy) is 1. The molecule has 2 aromatic carbocycles. The Kier molecular flexibility index (Phi) is 6.53. The summed E-state index contributed by atoms with van der Waals surface area (Å²) in [6.45, 7) is 4.35. The molecule has 0 aliphatic heterocycles. The van der Waals surface area contributed by atoms with Gasteiger partial charge >= 0.3 is 10.8 Å². The summed E-state index contributed by atoms with van der Waals surface area (Å²) in [7, 11) is 0. The van der Waals surface area contributed by atoms with Crippen molar-refractivity contribution < 1.29 is 9.53 Å². The van der Waals surface area contributed by atoms with E-state index < -0.39 is 0 Å². The maximum Gasteiger partial charge on any atom is 0.319 e. The molecule has 0 saturated carbocycles. The predicted molar refractivity (Wildman–Crippen MR) is 123 cm³/mol. The van der Waals surface area contributed by atoms with Gasteiger partial charge in [0.15, 0.2) is 11.0 Å². The number of hydrogen-bond donors (Lipinski definition) is 0. The quantitative estimate of drug-likeness (QED) is 0.294. The Morgan fingerprint density at radius 2 is 1.84 bits per heavy atom. The SMILES string of the molecule is CCOC(=O)[C@@H](CC)Sc1nnc(Cn2c(=O)sc3ccccc32)n1-c1ccccc1. The second-order valence-electron chi connectivity index (χ2n) is 6.76. The second-order valence-corrected chi connectivity index (χ2v) is 8.92. The maximum atomic E-state index is 12.6. The zero-order valence-electron chi connectivity index (χ0n) is 17.2. The van der Waals surface area contributed by atoms with Crippen LogP contribution in [-0.2, 0) is 16.1 Å². The van der Waals surface area contributed by atoms with Crippen LogP contribution in [0.25, 0.3) is 15.9 Å². The topological polar surface area (TPSA) is 79.0 Å². The minimum absolute atomic E-state index is 0.0454. The highest BCUT2D eigenvalue weighted by Crippen LogP contribution is 2.29. The number of carbonyl (C=O) groups excluding carboxylic acids is 1. The molecule has 0 amide bonds. The van der Waals surface area contributed by atoms with Gasteiger partial charge in [-0.1, -0.05) is 60.4 Å². The summed E-state index contributed by atoms with van der Waals surface area (Å²) in [5, 5.41) is 8.97. The molecule has 7 nitrogen and oxygen atoms in total. The van der Waals surface area contributed by atoms with Crippen molar-refractivity contribution in [2.24, 2.45) is 0 Å². The van der Waals surface area contributed by atoms with Crippen LogP contribution in [0.3, 0.4) is 0 Å². The molecule has 2 heterocycles. The summed E-state index contributed by atoms with van der Waals surface area (Å²) < 4.78 is 9.76. The number of nitrogens with zero attached hydrogens (tertiary/aromatic N) is 4. The monoisotopic (exact) mass is 454 g/mol. The molecule has 0 bridgehead atoms. The smallest absolute Gasteiger partial charge is 0.319 e. The van der Waals surface area contributed by atoms with Crippen molar-refractivity contribution in [2.45, 2.75) is 37.2 Å². The van der Waals surface area contributed by atoms with Gasteiger partial charge in [-0.25, -0.2) is 0 Å². The zero-order valence-corrected chi connectivity index (χ0v) is 18.9. The van der Waals surface area contributed by atoms with Crippen LogP contribution >= 0.6 is 23.1 Å². The molecule has 4 aromatic rings. The average Bonchev–Trinajstić information content (AvgIpc) is 3.33. The van der Waals surface area contributed by atoms with E-state index in [1.165, 1.54) is 23.1 Å². The normalized spacial score (nSPS) is 12.2. The lowest BCUT2D eigenvalue weighted by molar-refractivity contribution is -0.142. The fourth-order valence-electron chi connectivity index (χ4n) is 3.28. The maximum absolute atomic E-state index is 12.6. The summed E-state index contributed by atoms with van der Waals surface area (Å²) in [4.78, 5) is 24.9. The molecule has 0 spiro atoms. The fourth-order valence-corrected chi connectivity index (χ4v) is 5.16. The van der Waals surface area contributed by atoms with Crippen LogP contribution in [0.2, 0.25) is 0 Å². The van der Waals surface area contributed by atoms with Crippen LogP contribution in [-0.4, -0.2) is 37.2 Å². The summed E-state index contributed by atoms with van der Waals surface area (Å²) in [5.41, 5.74) is 1.74. The van der Waals surface area contributed by atoms with E-state index >= 15 is 0 Å². The van der Waals surface area contributed by atoms with E-state index in [-0.39, 0.29) is 22.6 Å². The van der Waals surface area contributed by atoms with Crippen LogP contribution in [0.4, 0.5) is 0 Å². The lowest BCUT2D eigenvalue weighted by atomic mass is 10.3. The van der Waals surface area contributed by atoms with E-state index in [0.717, 1.165) is 15.9 Å². The van der Waals surface area contributed by atoms with Crippen molar-refractivity contribution in [2.75, 3.05) is 6.61 Å². The van der Waals surface area contributed by atoms with Gasteiger partial charge in [0, 0.05) is 5.69 Å². The molecule has 0 N–H and O–H groups in total. The number of esters is 1. The third-order valence-electron chi connectivity index (χ3n) is 4.76. The number of benzene rings is 2. The molecule has 0 saturated heterocycles. The van der Waals surface area contributed by atoms with Gasteiger partial charge in [0.2, 0.25) is 0 Å². The van der Waals surface area contributed by atoms with Gasteiger partial charge in [-0.05, 0) is 37.6 Å². The molecular formula is C22H22N4O3S2. The summed E-state index contributed by atoms with van der Waals surface area (Å²) >= 11 is 2.54. The Morgan fingerprint density at radius 1 is 1.10 bits per heavy atom. The predicted octanol–water partition coefficient (Wildman–Crippen LogP) is 4.13. The van der Waals surface area contributed by atoms with Gasteiger partial charge in [-0.3, -0.25) is 18.7 Å². The van der Waals surface area contributed by atoms with Crippen LogP contribution in [0.15, 0.2) is 64.5 Å². The van der Waals surface area contributed by atoms with Gasteiger partial charge in [-0.15, -0.1) is 10.2 Å². The molecule has 2 aromatic heterocycles. The number of aromatic nitrogens is 4. The first-order valence-corrected chi connectivity index (χ1v) is 11.7. The van der Waals surface area contributed by atoms with E-state index in [0.29, 0.717) is 24.0 Å². The number of rotatable bonds is 8. The highest BCUT2D eigenvalue weighted by Gasteiger charge is 2.24. The van der Waals surface area contributed by atoms with Crippen LogP contribution < -0.4 is 4.87 Å². The van der Waals surface area contributed by atoms with Gasteiger partial charge < -0.3 is 4.74 Å². The van der Waals surface area contributed by atoms with Crippen molar-refractivity contribution in [3.8, 4) is 5.69 Å². The Morgan fingerprint density at radius 3 is 2.58 bits per heavy atom. The summed E-state index contributed by atoms with van der Waals surface area (Å²) in [6, 6.07) is 17.4. The van der Waals surface area contributed by atoms with Gasteiger partial charge in [0.1, 0.15) is 5.25 Å². The third-order valence-corrected chi connectivity index (χ3v) is 7.00. The highest BCUT2D eigenvalue weighted by molar-refractivity contribution is 8.00. The van der Waals surface area contributed by atoms with E-state index in [9.17, 15) is 9.59 Å². The Bertz CT molecular complexity index is 1250. The fraction of sp³-hybridized carbons (Fsp3) is 0.273. The van der Waals surface area contributed by atoms with Gasteiger partial charge in [0.25, 0.3) is 0 Å². The van der Waals surface area contributed by atoms with Crippen molar-refractivity contribution in [3.63, 3.8) is 0 Å². The van der Waals surface area contributed by atoms with Crippen molar-refractivity contribution >= 4 is 39.3 Å². The molecule has 0 aliphatic carbocycles. The number of hydrogen-bond acceptors (Lipinski definition) is 7. The number of thioether (sulfide) groups is 1. The molecule has 160 valence electrons. The number of carbonyl (C=O) groups is 1. The Labute approximate surface area is 187 Å². The molecule has 1 atom stereocenters. The molecule has 0 aliphatic rings. The first-order chi connectivity index (χ1) is 15.1. The first kappa shape index (κ1) is 21.3. The lowest BCUT2D eigenvalue weighted by Gasteiger charge is -2.15. The second kappa shape index (κ2) is 9.49. The summed E-state index contributed by atoms with van der Waals surface area (Å²) in [5.74, 6) is 0.359. The van der Waals surface area contributed by atoms with Crippen molar-refractivity contribution in [3.05, 3.63) is 70.1 Å². The van der Waals surface area contributed by atoms with Crippen LogP contribution in [0.1, 0.15) is 26.1 Å². The van der Waals surface area contributed by atoms with Gasteiger partial charge in [-0.2, -0.15) is 0 Å². The molecule has 4 rings (SSSR count). The minimum atomic E-state index is -0.385. The third kappa shape index (κ3) is 4.42. The highest BCUT2D eigenvalue weighted by atomic mass is 32.2. The first-order valence-electron chi connectivity index (χ1n) is 10.0. The van der Waals surface area contributed by atoms with Crippen molar-refractivity contribution in [1.82, 2.24) is 19.3 Å². The molecule has 0 radical (unpaired) electrons. The Hall–Kier alpha value is -2.91. The van der Waals surface area contributed by atoms with E-state index in [4.69, 9.17) is 4.74 Å². The Balaban J connectivity index is 1.76. The lowest BCUT2D eigenvalue weighted by Crippen LogP contribution is -2.20. The molecule has 31 heavy (non-hydrogen) atoms. The van der Waals surface area contributed by atoms with Gasteiger partial charge in [0.05, 0.1) is 23.4 Å². The van der Waals surface area contributed by atoms with Crippen LogP contribution in [0, 0.1) is 0 Å².